The van der Waals surface area contributed by atoms with Crippen LogP contribution in [0, 0.1) is 11.8 Å². The van der Waals surface area contributed by atoms with Crippen molar-refractivity contribution >= 4 is 11.8 Å². The fourth-order valence-electron chi connectivity index (χ4n) is 2.44. The smallest absolute Gasteiger partial charge is 0.306 e. The molecule has 0 radical (unpaired) electrons. The molecular formula is C17H25NO4. The third-order valence-electron chi connectivity index (χ3n) is 3.60. The summed E-state index contributed by atoms with van der Waals surface area (Å²) < 4.78 is 0. The Hall–Kier alpha value is -1.72. The largest absolute Gasteiger partial charge is 0.481 e. The van der Waals surface area contributed by atoms with Gasteiger partial charge in [0.05, 0.1) is 5.92 Å². The number of nitrogens with two attached hydrogens (primary N) is 1. The molecule has 1 rings (SSSR count). The number of hydrogen-bond acceptors (Lipinski definition) is 4. The molecule has 5 nitrogen and oxygen atoms in total. The van der Waals surface area contributed by atoms with E-state index in [2.05, 4.69) is 0 Å². The third kappa shape index (κ3) is 5.95. The number of hydrogen-bond donors (Lipinski definition) is 3. The average molecular weight is 307 g/mol. The lowest BCUT2D eigenvalue weighted by atomic mass is 9.89. The fourth-order valence-corrected chi connectivity index (χ4v) is 2.44. The molecule has 0 aliphatic carbocycles. The second-order valence-corrected chi connectivity index (χ2v) is 6.13. The van der Waals surface area contributed by atoms with Crippen molar-refractivity contribution in [3.8, 4) is 0 Å². The molecule has 0 unspecified atom stereocenters. The quantitative estimate of drug-likeness (QED) is 0.643. The van der Waals surface area contributed by atoms with Crippen LogP contribution in [0.4, 0.5) is 0 Å². The van der Waals surface area contributed by atoms with E-state index in [0.29, 0.717) is 12.8 Å². The Morgan fingerprint density at radius 3 is 2.27 bits per heavy atom. The standard InChI is InChI=1S/C17H25NO4/c1-11(2)8-13(17(21)22)10-15(19)16(20)14(18)9-12-6-4-3-5-7-12/h3-7,11,13-14,16,20H,8-10,18H2,1-2H3,(H,21,22)/t13-,14+,16-/m0/s1. The van der Waals surface area contributed by atoms with Gasteiger partial charge in [-0.15, -0.1) is 0 Å². The highest BCUT2D eigenvalue weighted by Gasteiger charge is 2.29. The first kappa shape index (κ1) is 18.3. The average Bonchev–Trinajstić information content (AvgIpc) is 2.46. The van der Waals surface area contributed by atoms with Gasteiger partial charge in [0.2, 0.25) is 0 Å². The van der Waals surface area contributed by atoms with Crippen LogP contribution in [0.1, 0.15) is 32.3 Å². The molecule has 0 heterocycles. The molecule has 3 atom stereocenters. The number of aliphatic hydroxyl groups excluding tert-OH is 1. The molecule has 5 heteroatoms. The molecule has 0 fully saturated rings. The molecule has 22 heavy (non-hydrogen) atoms. The maximum Gasteiger partial charge on any atom is 0.306 e. The van der Waals surface area contributed by atoms with E-state index >= 15 is 0 Å². The Labute approximate surface area is 131 Å². The summed E-state index contributed by atoms with van der Waals surface area (Å²) in [6, 6.07) is 8.60. The van der Waals surface area contributed by atoms with E-state index in [9.17, 15) is 14.7 Å². The number of carboxylic acids is 1. The number of Topliss-reactive ketones (excluding diaryl/α,β-unsaturated/α-hetero) is 1. The van der Waals surface area contributed by atoms with Crippen LogP contribution in [0.25, 0.3) is 0 Å². The van der Waals surface area contributed by atoms with E-state index in [4.69, 9.17) is 10.8 Å². The van der Waals surface area contributed by atoms with Crippen molar-refractivity contribution in [2.75, 3.05) is 0 Å². The number of rotatable bonds is 9. The van der Waals surface area contributed by atoms with Gasteiger partial charge in [-0.3, -0.25) is 9.59 Å². The Morgan fingerprint density at radius 2 is 1.77 bits per heavy atom. The molecule has 0 bridgehead atoms. The number of benzene rings is 1. The summed E-state index contributed by atoms with van der Waals surface area (Å²) in [5.41, 5.74) is 6.81. The van der Waals surface area contributed by atoms with E-state index < -0.39 is 29.8 Å². The van der Waals surface area contributed by atoms with E-state index in [1.54, 1.807) is 0 Å². The Morgan fingerprint density at radius 1 is 1.18 bits per heavy atom. The van der Waals surface area contributed by atoms with E-state index in [1.165, 1.54) is 0 Å². The Balaban J connectivity index is 2.61. The van der Waals surface area contributed by atoms with Crippen molar-refractivity contribution in [3.63, 3.8) is 0 Å². The minimum atomic E-state index is -1.34. The summed E-state index contributed by atoms with van der Waals surface area (Å²) in [7, 11) is 0. The maximum atomic E-state index is 12.1. The van der Waals surface area contributed by atoms with Crippen molar-refractivity contribution in [2.24, 2.45) is 17.6 Å². The molecule has 1 aromatic rings. The van der Waals surface area contributed by atoms with Gasteiger partial charge >= 0.3 is 5.97 Å². The zero-order chi connectivity index (χ0) is 16.7. The lowest BCUT2D eigenvalue weighted by Crippen LogP contribution is -2.43. The van der Waals surface area contributed by atoms with E-state index in [1.807, 2.05) is 44.2 Å². The number of carbonyl (C=O) groups is 2. The Bertz CT molecular complexity index is 487. The second kappa shape index (κ2) is 8.66. The number of carboxylic acid groups (broad SMARTS) is 1. The molecule has 0 spiro atoms. The van der Waals surface area contributed by atoms with Crippen molar-refractivity contribution in [3.05, 3.63) is 35.9 Å². The minimum absolute atomic E-state index is 0.170. The monoisotopic (exact) mass is 307 g/mol. The molecule has 0 saturated heterocycles. The number of aliphatic hydroxyl groups is 1. The third-order valence-corrected chi connectivity index (χ3v) is 3.60. The van der Waals surface area contributed by atoms with Crippen LogP contribution in [0.3, 0.4) is 0 Å². The highest BCUT2D eigenvalue weighted by atomic mass is 16.4. The highest BCUT2D eigenvalue weighted by Crippen LogP contribution is 2.18. The summed E-state index contributed by atoms with van der Waals surface area (Å²) in [4.78, 5) is 23.3. The molecular weight excluding hydrogens is 282 g/mol. The van der Waals surface area contributed by atoms with Crippen molar-refractivity contribution in [1.82, 2.24) is 0 Å². The van der Waals surface area contributed by atoms with Crippen molar-refractivity contribution in [2.45, 2.75) is 45.3 Å². The molecule has 0 aliphatic rings. The molecule has 0 aromatic heterocycles. The lowest BCUT2D eigenvalue weighted by Gasteiger charge is -2.20. The fraction of sp³-hybridized carbons (Fsp3) is 0.529. The molecule has 0 saturated carbocycles. The zero-order valence-electron chi connectivity index (χ0n) is 13.1. The van der Waals surface area contributed by atoms with Gasteiger partial charge < -0.3 is 15.9 Å². The van der Waals surface area contributed by atoms with E-state index in [0.717, 1.165) is 5.56 Å². The van der Waals surface area contributed by atoms with Gasteiger partial charge in [0.1, 0.15) is 6.10 Å². The van der Waals surface area contributed by atoms with Crippen LogP contribution < -0.4 is 5.73 Å². The molecule has 0 aliphatic heterocycles. The maximum absolute atomic E-state index is 12.1. The predicted octanol–water partition coefficient (Wildman–Crippen LogP) is 1.62. The minimum Gasteiger partial charge on any atom is -0.481 e. The first-order valence-corrected chi connectivity index (χ1v) is 7.54. The topological polar surface area (TPSA) is 101 Å². The first-order valence-electron chi connectivity index (χ1n) is 7.54. The number of aliphatic carboxylic acids is 1. The normalized spacial score (nSPS) is 15.3. The number of carbonyl (C=O) groups excluding carboxylic acids is 1. The van der Waals surface area contributed by atoms with E-state index in [-0.39, 0.29) is 12.3 Å². The molecule has 1 aromatic carbocycles. The summed E-state index contributed by atoms with van der Waals surface area (Å²) in [6.45, 7) is 3.80. The van der Waals surface area contributed by atoms with Gasteiger partial charge in [0.25, 0.3) is 0 Å². The van der Waals surface area contributed by atoms with Crippen molar-refractivity contribution in [1.29, 1.82) is 0 Å². The van der Waals surface area contributed by atoms with Gasteiger partial charge in [-0.2, -0.15) is 0 Å². The van der Waals surface area contributed by atoms with Crippen LogP contribution in [-0.4, -0.2) is 34.1 Å². The van der Waals surface area contributed by atoms with Crippen LogP contribution in [0.2, 0.25) is 0 Å². The van der Waals surface area contributed by atoms with Gasteiger partial charge in [-0.1, -0.05) is 44.2 Å². The van der Waals surface area contributed by atoms with Crippen LogP contribution >= 0.6 is 0 Å². The molecule has 122 valence electrons. The highest BCUT2D eigenvalue weighted by molar-refractivity contribution is 5.87. The lowest BCUT2D eigenvalue weighted by molar-refractivity contribution is -0.145. The predicted molar refractivity (Wildman–Crippen MR) is 84.3 cm³/mol. The van der Waals surface area contributed by atoms with Crippen LogP contribution in [0.15, 0.2) is 30.3 Å². The first-order chi connectivity index (χ1) is 10.3. The second-order valence-electron chi connectivity index (χ2n) is 6.13. The van der Waals surface area contributed by atoms with Gasteiger partial charge in [-0.05, 0) is 24.3 Å². The summed E-state index contributed by atoms with van der Waals surface area (Å²) in [5, 5.41) is 19.2. The van der Waals surface area contributed by atoms with Crippen molar-refractivity contribution < 1.29 is 19.8 Å². The SMILES string of the molecule is CC(C)C[C@@H](CC(=O)[C@@H](O)[C@H](N)Cc1ccccc1)C(=O)O. The summed E-state index contributed by atoms with van der Waals surface area (Å²) >= 11 is 0. The van der Waals surface area contributed by atoms with Gasteiger partial charge in [0.15, 0.2) is 5.78 Å². The number of ketones is 1. The molecule has 0 amide bonds. The molecule has 4 N–H and O–H groups in total. The Kier molecular flexibility index (Phi) is 7.21. The van der Waals surface area contributed by atoms with Gasteiger partial charge in [-0.25, -0.2) is 0 Å². The summed E-state index contributed by atoms with van der Waals surface area (Å²) in [5.74, 6) is -2.11. The summed E-state index contributed by atoms with van der Waals surface area (Å²) in [6.07, 6.45) is -0.747. The van der Waals surface area contributed by atoms with Crippen LogP contribution in [0.5, 0.6) is 0 Å². The zero-order valence-corrected chi connectivity index (χ0v) is 13.1. The van der Waals surface area contributed by atoms with Crippen LogP contribution in [-0.2, 0) is 16.0 Å². The van der Waals surface area contributed by atoms with Gasteiger partial charge in [0, 0.05) is 12.5 Å².